The summed E-state index contributed by atoms with van der Waals surface area (Å²) in [6, 6.07) is 12.6. The Morgan fingerprint density at radius 3 is 2.81 bits per heavy atom. The van der Waals surface area contributed by atoms with Gasteiger partial charge in [-0.25, -0.2) is 16.1 Å². The van der Waals surface area contributed by atoms with Crippen LogP contribution in [-0.4, -0.2) is 27.2 Å². The van der Waals surface area contributed by atoms with E-state index in [4.69, 9.17) is 11.7 Å². The highest BCUT2D eigenvalue weighted by Gasteiger charge is 2.24. The summed E-state index contributed by atoms with van der Waals surface area (Å²) < 4.78 is 1.91. The Bertz CT molecular complexity index is 944. The predicted molar refractivity (Wildman–Crippen MR) is 104 cm³/mol. The van der Waals surface area contributed by atoms with Crippen LogP contribution in [-0.2, 0) is 0 Å². The molecule has 2 aromatic heterocycles. The van der Waals surface area contributed by atoms with Gasteiger partial charge >= 0.3 is 0 Å². The van der Waals surface area contributed by atoms with Crippen LogP contribution in [0.15, 0.2) is 42.6 Å². The first-order valence-electron chi connectivity index (χ1n) is 9.25. The number of imidazole rings is 1. The third kappa shape index (κ3) is 3.41. The maximum absolute atomic E-state index is 7.16. The minimum absolute atomic E-state index is 0.239. The maximum Gasteiger partial charge on any atom is 0.223 e. The molecule has 3 aromatic rings. The van der Waals surface area contributed by atoms with Crippen LogP contribution < -0.4 is 5.32 Å². The molecular formula is C21H23N5. The summed E-state index contributed by atoms with van der Waals surface area (Å²) in [6.45, 7) is 10.2. The normalized spacial score (nSPS) is 20.0. The van der Waals surface area contributed by atoms with Crippen molar-refractivity contribution >= 4 is 11.5 Å². The Hall–Kier alpha value is -2.87. The van der Waals surface area contributed by atoms with Crippen molar-refractivity contribution in [1.29, 1.82) is 0 Å². The van der Waals surface area contributed by atoms with Gasteiger partial charge in [0.25, 0.3) is 0 Å². The lowest BCUT2D eigenvalue weighted by molar-refractivity contribution is 0.360. The van der Waals surface area contributed by atoms with Gasteiger partial charge in [0.05, 0.1) is 11.9 Å². The summed E-state index contributed by atoms with van der Waals surface area (Å²) in [4.78, 5) is 8.16. The van der Waals surface area contributed by atoms with Gasteiger partial charge in [0, 0.05) is 24.9 Å². The molecule has 0 saturated heterocycles. The monoisotopic (exact) mass is 345 g/mol. The average Bonchev–Trinajstić information content (AvgIpc) is 3.10. The molecule has 1 fully saturated rings. The molecule has 26 heavy (non-hydrogen) atoms. The number of hydrogen-bond donors (Lipinski definition) is 1. The lowest BCUT2D eigenvalue weighted by Gasteiger charge is -2.22. The zero-order chi connectivity index (χ0) is 17.9. The molecule has 0 atom stereocenters. The molecule has 1 N–H and O–H groups in total. The van der Waals surface area contributed by atoms with Crippen LogP contribution in [0.4, 0.5) is 5.82 Å². The van der Waals surface area contributed by atoms with Crippen molar-refractivity contribution in [3.05, 3.63) is 59.6 Å². The first kappa shape index (κ1) is 16.6. The quantitative estimate of drug-likeness (QED) is 0.703. The summed E-state index contributed by atoms with van der Waals surface area (Å²) in [5.74, 6) is 1.50. The molecule has 1 aliphatic carbocycles. The first-order chi connectivity index (χ1) is 12.7. The highest BCUT2D eigenvalue weighted by Crippen LogP contribution is 2.27. The highest BCUT2D eigenvalue weighted by atomic mass is 15.3. The minimum atomic E-state index is 0.239. The van der Waals surface area contributed by atoms with Gasteiger partial charge in [-0.2, -0.15) is 0 Å². The van der Waals surface area contributed by atoms with E-state index in [9.17, 15) is 0 Å². The van der Waals surface area contributed by atoms with Gasteiger partial charge in [0.15, 0.2) is 5.65 Å². The van der Waals surface area contributed by atoms with E-state index in [1.807, 2.05) is 22.8 Å². The van der Waals surface area contributed by atoms with Crippen LogP contribution in [0.5, 0.6) is 0 Å². The summed E-state index contributed by atoms with van der Waals surface area (Å²) in [5.41, 5.74) is 4.20. The second-order valence-corrected chi connectivity index (χ2v) is 7.19. The molecule has 0 unspecified atom stereocenters. The fraction of sp³-hybridized carbons (Fsp3) is 0.381. The number of aryl methyl sites for hydroxylation is 1. The van der Waals surface area contributed by atoms with E-state index >= 15 is 0 Å². The maximum atomic E-state index is 7.16. The highest BCUT2D eigenvalue weighted by molar-refractivity contribution is 5.64. The van der Waals surface area contributed by atoms with Crippen molar-refractivity contribution in [1.82, 2.24) is 14.6 Å². The van der Waals surface area contributed by atoms with Crippen molar-refractivity contribution in [2.75, 3.05) is 11.9 Å². The number of benzene rings is 1. The van der Waals surface area contributed by atoms with Crippen molar-refractivity contribution in [2.45, 2.75) is 38.6 Å². The van der Waals surface area contributed by atoms with Gasteiger partial charge in [-0.05, 0) is 43.9 Å². The van der Waals surface area contributed by atoms with Crippen LogP contribution in [0.25, 0.3) is 21.7 Å². The molecule has 1 aliphatic rings. The van der Waals surface area contributed by atoms with E-state index in [2.05, 4.69) is 46.3 Å². The fourth-order valence-corrected chi connectivity index (χ4v) is 3.70. The van der Waals surface area contributed by atoms with Crippen molar-refractivity contribution in [3.8, 4) is 11.3 Å². The van der Waals surface area contributed by atoms with E-state index in [0.29, 0.717) is 5.92 Å². The lowest BCUT2D eigenvalue weighted by atomic mass is 9.86. The van der Waals surface area contributed by atoms with E-state index < -0.39 is 0 Å². The molecule has 1 aromatic carbocycles. The Morgan fingerprint density at radius 1 is 1.19 bits per heavy atom. The number of hydrogen-bond acceptors (Lipinski definition) is 3. The molecule has 0 bridgehead atoms. The Labute approximate surface area is 153 Å². The lowest BCUT2D eigenvalue weighted by Crippen LogP contribution is -2.22. The van der Waals surface area contributed by atoms with Gasteiger partial charge < -0.3 is 10.2 Å². The Balaban J connectivity index is 1.51. The third-order valence-corrected chi connectivity index (χ3v) is 5.25. The van der Waals surface area contributed by atoms with Crippen molar-refractivity contribution < 1.29 is 0 Å². The minimum Gasteiger partial charge on any atom is -0.368 e. The van der Waals surface area contributed by atoms with Gasteiger partial charge in [-0.1, -0.05) is 23.8 Å². The standard InChI is InChI=1S/C21H23N5/c1-15-4-3-5-17(12-15)19-14-24-21-11-10-20(25-26(19)21)23-13-16-6-8-18(22-2)9-7-16/h3-5,10-12,14,16,18H,6-9,13H2,1H3,(H,23,25). The van der Waals surface area contributed by atoms with Crippen LogP contribution in [0.2, 0.25) is 0 Å². The summed E-state index contributed by atoms with van der Waals surface area (Å²) >= 11 is 0. The largest absolute Gasteiger partial charge is 0.368 e. The van der Waals surface area contributed by atoms with Gasteiger partial charge in [0.1, 0.15) is 5.82 Å². The number of nitrogens with zero attached hydrogens (tertiary/aromatic N) is 4. The topological polar surface area (TPSA) is 46.6 Å². The van der Waals surface area contributed by atoms with E-state index in [0.717, 1.165) is 55.0 Å². The second-order valence-electron chi connectivity index (χ2n) is 7.19. The number of fused-ring (bicyclic) bond motifs is 1. The molecule has 1 saturated carbocycles. The molecule has 5 heteroatoms. The van der Waals surface area contributed by atoms with Crippen molar-refractivity contribution in [2.24, 2.45) is 5.92 Å². The first-order valence-corrected chi connectivity index (χ1v) is 9.25. The van der Waals surface area contributed by atoms with Crippen LogP contribution in [0.3, 0.4) is 0 Å². The molecular weight excluding hydrogens is 322 g/mol. The van der Waals surface area contributed by atoms with Gasteiger partial charge in [0.2, 0.25) is 6.04 Å². The third-order valence-electron chi connectivity index (χ3n) is 5.25. The summed E-state index contributed by atoms with van der Waals surface area (Å²) in [6.07, 6.45) is 6.19. The molecule has 0 aliphatic heterocycles. The van der Waals surface area contributed by atoms with Crippen molar-refractivity contribution in [3.63, 3.8) is 0 Å². The number of nitrogens with one attached hydrogen (secondary N) is 1. The molecule has 0 radical (unpaired) electrons. The fourth-order valence-electron chi connectivity index (χ4n) is 3.70. The molecule has 0 spiro atoms. The number of rotatable bonds is 4. The summed E-state index contributed by atoms with van der Waals surface area (Å²) in [7, 11) is 0. The number of anilines is 1. The zero-order valence-corrected chi connectivity index (χ0v) is 15.0. The molecule has 0 amide bonds. The van der Waals surface area contributed by atoms with Crippen LogP contribution in [0.1, 0.15) is 31.2 Å². The zero-order valence-electron chi connectivity index (χ0n) is 15.0. The predicted octanol–water partition coefficient (Wildman–Crippen LogP) is 4.59. The van der Waals surface area contributed by atoms with E-state index in [1.165, 1.54) is 5.56 Å². The molecule has 132 valence electrons. The van der Waals surface area contributed by atoms with Gasteiger partial charge in [-0.15, -0.1) is 5.10 Å². The van der Waals surface area contributed by atoms with Crippen LogP contribution in [0, 0.1) is 19.4 Å². The molecule has 4 rings (SSSR count). The number of aromatic nitrogens is 3. The smallest absolute Gasteiger partial charge is 0.223 e. The average molecular weight is 345 g/mol. The molecule has 2 heterocycles. The second kappa shape index (κ2) is 7.17. The van der Waals surface area contributed by atoms with E-state index in [-0.39, 0.29) is 6.04 Å². The molecule has 5 nitrogen and oxygen atoms in total. The summed E-state index contributed by atoms with van der Waals surface area (Å²) in [5, 5.41) is 8.23. The SMILES string of the molecule is [C-]#[N+]C1CCC(CNc2ccc3ncc(-c4cccc(C)c4)n3n2)CC1. The Morgan fingerprint density at radius 2 is 2.04 bits per heavy atom. The van der Waals surface area contributed by atoms with Gasteiger partial charge in [-0.3, -0.25) is 0 Å². The van der Waals surface area contributed by atoms with Crippen LogP contribution >= 0.6 is 0 Å². The Kier molecular flexibility index (Phi) is 4.57. The van der Waals surface area contributed by atoms with E-state index in [1.54, 1.807) is 0 Å².